The maximum Gasteiger partial charge on any atom is 0.342 e. The molecule has 1 heterocycles. The van der Waals surface area contributed by atoms with Crippen LogP contribution < -0.4 is 15.9 Å². The molecule has 0 saturated heterocycles. The molecule has 0 aromatic heterocycles. The summed E-state index contributed by atoms with van der Waals surface area (Å²) in [5, 5.41) is 14.4. The average molecular weight is 523 g/mol. The van der Waals surface area contributed by atoms with Crippen LogP contribution in [0, 0.1) is 6.92 Å². The first-order valence-electron chi connectivity index (χ1n) is 12.2. The lowest BCUT2D eigenvalue weighted by Gasteiger charge is -2.36. The number of aryl methyl sites for hydroxylation is 1. The van der Waals surface area contributed by atoms with Crippen molar-refractivity contribution in [1.82, 2.24) is 0 Å². The first kappa shape index (κ1) is 25.5. The van der Waals surface area contributed by atoms with Crippen LogP contribution in [-0.2, 0) is 19.1 Å². The molecule has 1 aliphatic heterocycles. The first-order chi connectivity index (χ1) is 18.4. The van der Waals surface area contributed by atoms with Crippen LogP contribution in [0.4, 0.5) is 0 Å². The van der Waals surface area contributed by atoms with E-state index >= 15 is 0 Å². The zero-order valence-corrected chi connectivity index (χ0v) is 22.0. The lowest BCUT2D eigenvalue weighted by atomic mass is 10.1. The van der Waals surface area contributed by atoms with Gasteiger partial charge in [-0.3, -0.25) is 4.79 Å². The molecular weight excluding hydrogens is 495 g/mol. The summed E-state index contributed by atoms with van der Waals surface area (Å²) in [6.45, 7) is -1.25. The second-order valence-corrected chi connectivity index (χ2v) is 12.3. The van der Waals surface area contributed by atoms with Crippen molar-refractivity contribution in [2.75, 3.05) is 7.11 Å². The monoisotopic (exact) mass is 522 g/mol. The molecule has 4 aromatic rings. The van der Waals surface area contributed by atoms with Crippen molar-refractivity contribution in [3.8, 4) is 0 Å². The minimum absolute atomic E-state index is 0.139. The zero-order chi connectivity index (χ0) is 26.8. The molecule has 0 aliphatic carbocycles. The van der Waals surface area contributed by atoms with Crippen molar-refractivity contribution in [3.05, 3.63) is 132 Å². The summed E-state index contributed by atoms with van der Waals surface area (Å²) in [6, 6.07) is 35.8. The minimum atomic E-state index is -3.20. The Hall–Kier alpha value is -4.18. The number of hydrogen-bond donors (Lipinski definition) is 1. The number of ether oxygens (including phenoxy) is 2. The van der Waals surface area contributed by atoms with Crippen molar-refractivity contribution in [2.24, 2.45) is 0 Å². The van der Waals surface area contributed by atoms with E-state index in [2.05, 4.69) is 0 Å². The van der Waals surface area contributed by atoms with E-state index in [1.807, 2.05) is 122 Å². The van der Waals surface area contributed by atoms with Crippen molar-refractivity contribution in [3.63, 3.8) is 0 Å². The van der Waals surface area contributed by atoms with Crippen molar-refractivity contribution < 1.29 is 24.2 Å². The van der Waals surface area contributed by atoms with Gasteiger partial charge in [-0.2, -0.15) is 0 Å². The van der Waals surface area contributed by atoms with Gasteiger partial charge in [0.15, 0.2) is 0 Å². The number of rotatable bonds is 6. The van der Waals surface area contributed by atoms with E-state index in [0.717, 1.165) is 21.5 Å². The second kappa shape index (κ2) is 10.3. The number of methoxy groups -OCH3 is 1. The second-order valence-electron chi connectivity index (χ2n) is 9.00. The number of carbonyl (C=O) groups excluding carboxylic acids is 2. The highest BCUT2D eigenvalue weighted by atomic mass is 31.2. The van der Waals surface area contributed by atoms with Gasteiger partial charge in [0, 0.05) is 11.6 Å². The summed E-state index contributed by atoms with van der Waals surface area (Å²) in [5.74, 6) is -3.95. The van der Waals surface area contributed by atoms with E-state index in [1.165, 1.54) is 13.2 Å². The van der Waals surface area contributed by atoms with Crippen LogP contribution in [0.2, 0.25) is 0 Å². The van der Waals surface area contributed by atoms with Gasteiger partial charge >= 0.3 is 11.8 Å². The third-order valence-electron chi connectivity index (χ3n) is 6.66. The van der Waals surface area contributed by atoms with E-state index in [1.54, 1.807) is 0 Å². The highest BCUT2D eigenvalue weighted by Crippen LogP contribution is 2.50. The molecule has 1 N–H and O–H groups in total. The maximum atomic E-state index is 13.9. The molecule has 0 saturated carbocycles. The molecule has 0 fully saturated rings. The Bertz CT molecular complexity index is 1460. The van der Waals surface area contributed by atoms with Gasteiger partial charge in [-0.1, -0.05) is 121 Å². The molecule has 5 nitrogen and oxygen atoms in total. The van der Waals surface area contributed by atoms with Crippen molar-refractivity contribution in [2.45, 2.75) is 12.7 Å². The van der Waals surface area contributed by atoms with E-state index < -0.39 is 24.4 Å². The fraction of sp³-hybridized carbons (Fsp3) is 0.0938. The smallest absolute Gasteiger partial charge is 0.342 e. The summed E-state index contributed by atoms with van der Waals surface area (Å²) < 4.78 is 11.4. The van der Waals surface area contributed by atoms with Gasteiger partial charge in [-0.05, 0) is 29.7 Å². The van der Waals surface area contributed by atoms with Crippen molar-refractivity contribution in [1.29, 1.82) is 0 Å². The molecule has 1 aliphatic rings. The van der Waals surface area contributed by atoms with Crippen LogP contribution >= 0.6 is 6.89 Å². The van der Waals surface area contributed by atoms with E-state index in [9.17, 15) is 14.7 Å². The number of hydrogen-bond acceptors (Lipinski definition) is 5. The minimum Gasteiger partial charge on any atom is -0.465 e. The van der Waals surface area contributed by atoms with Gasteiger partial charge in [0.25, 0.3) is 0 Å². The maximum absolute atomic E-state index is 13.9. The quantitative estimate of drug-likeness (QED) is 0.307. The van der Waals surface area contributed by atoms with E-state index in [0.29, 0.717) is 5.56 Å². The summed E-state index contributed by atoms with van der Waals surface area (Å²) in [5.41, 5.74) is 1.66. The number of ketones is 1. The SMILES string of the molecule is COC(=O)C(C1(O)OC(c2ccc(C)cc2)=CC1=O)=P(c1ccccc1)(c1ccccc1)c1ccccc1. The predicted octanol–water partition coefficient (Wildman–Crippen LogP) is 3.96. The molecule has 0 bridgehead atoms. The fourth-order valence-corrected chi connectivity index (χ4v) is 9.37. The third kappa shape index (κ3) is 4.20. The molecule has 4 aromatic carbocycles. The molecule has 0 amide bonds. The number of benzene rings is 4. The number of esters is 1. The Balaban J connectivity index is 1.91. The largest absolute Gasteiger partial charge is 0.465 e. The van der Waals surface area contributed by atoms with Gasteiger partial charge in [0.1, 0.15) is 11.1 Å². The summed E-state index contributed by atoms with van der Waals surface area (Å²) in [6.07, 6.45) is 1.25. The topological polar surface area (TPSA) is 72.8 Å². The molecule has 1 unspecified atom stereocenters. The standard InChI is InChI=1S/C32H27O5P/c1-23-18-20-24(21-19-23)28-22-29(33)32(35,37-28)30(31(34)36-2)38(25-12-6-3-7-13-25,26-14-8-4-9-15-26)27-16-10-5-11-17-27/h3-22,35H,1-2H3. The lowest BCUT2D eigenvalue weighted by Crippen LogP contribution is -2.52. The van der Waals surface area contributed by atoms with Gasteiger partial charge in [-0.25, -0.2) is 4.79 Å². The Morgan fingerprint density at radius 1 is 0.763 bits per heavy atom. The van der Waals surface area contributed by atoms with Gasteiger partial charge in [0.05, 0.1) is 7.11 Å². The summed E-state index contributed by atoms with van der Waals surface area (Å²) >= 11 is 0. The molecule has 0 spiro atoms. The molecule has 1 atom stereocenters. The van der Waals surface area contributed by atoms with Crippen LogP contribution in [-0.4, -0.2) is 35.0 Å². The number of carbonyl (C=O) groups is 2. The Morgan fingerprint density at radius 2 is 1.21 bits per heavy atom. The molecular formula is C32H27O5P. The van der Waals surface area contributed by atoms with Gasteiger partial charge in [-0.15, -0.1) is 0 Å². The van der Waals surface area contributed by atoms with Crippen molar-refractivity contribution >= 4 is 45.6 Å². The zero-order valence-electron chi connectivity index (χ0n) is 21.1. The van der Waals surface area contributed by atoms with E-state index in [4.69, 9.17) is 9.47 Å². The highest BCUT2D eigenvalue weighted by molar-refractivity contribution is 7.96. The third-order valence-corrected chi connectivity index (χ3v) is 11.0. The Morgan fingerprint density at radius 3 is 1.63 bits per heavy atom. The molecule has 38 heavy (non-hydrogen) atoms. The Labute approximate surface area is 222 Å². The molecule has 5 rings (SSSR count). The lowest BCUT2D eigenvalue weighted by molar-refractivity contribution is -0.152. The summed E-state index contributed by atoms with van der Waals surface area (Å²) in [7, 11) is 1.25. The summed E-state index contributed by atoms with van der Waals surface area (Å²) in [4.78, 5) is 27.5. The van der Waals surface area contributed by atoms with Crippen LogP contribution in [0.1, 0.15) is 11.1 Å². The fourth-order valence-electron chi connectivity index (χ4n) is 4.87. The van der Waals surface area contributed by atoms with Crippen LogP contribution in [0.15, 0.2) is 121 Å². The Kier molecular flexibility index (Phi) is 6.90. The number of aliphatic hydroxyl groups is 1. The van der Waals surface area contributed by atoms with Crippen LogP contribution in [0.25, 0.3) is 5.76 Å². The average Bonchev–Trinajstić information content (AvgIpc) is 3.27. The molecule has 190 valence electrons. The van der Waals surface area contributed by atoms with Gasteiger partial charge < -0.3 is 14.6 Å². The molecule has 6 heteroatoms. The predicted molar refractivity (Wildman–Crippen MR) is 152 cm³/mol. The van der Waals surface area contributed by atoms with Gasteiger partial charge in [0.2, 0.25) is 5.78 Å². The van der Waals surface area contributed by atoms with Crippen LogP contribution in [0.3, 0.4) is 0 Å². The normalized spacial score (nSPS) is 16.9. The van der Waals surface area contributed by atoms with Crippen LogP contribution in [0.5, 0.6) is 0 Å². The molecule has 0 radical (unpaired) electrons. The van der Waals surface area contributed by atoms with E-state index in [-0.39, 0.29) is 11.1 Å². The highest BCUT2D eigenvalue weighted by Gasteiger charge is 2.55. The first-order valence-corrected chi connectivity index (χ1v) is 14.0.